The Bertz CT molecular complexity index is 416. The van der Waals surface area contributed by atoms with Gasteiger partial charge in [0.1, 0.15) is 0 Å². The summed E-state index contributed by atoms with van der Waals surface area (Å²) in [7, 11) is 0. The van der Waals surface area contributed by atoms with Crippen LogP contribution in [-0.2, 0) is 4.74 Å². The van der Waals surface area contributed by atoms with E-state index < -0.39 is 0 Å². The van der Waals surface area contributed by atoms with Crippen LogP contribution in [0.5, 0.6) is 0 Å². The lowest BCUT2D eigenvalue weighted by molar-refractivity contribution is -0.0563. The zero-order valence-electron chi connectivity index (χ0n) is 14.0. The van der Waals surface area contributed by atoms with Crippen LogP contribution in [0.25, 0.3) is 0 Å². The van der Waals surface area contributed by atoms with Gasteiger partial charge in [0.15, 0.2) is 0 Å². The van der Waals surface area contributed by atoms with Crippen LogP contribution in [0.3, 0.4) is 0 Å². The lowest BCUT2D eigenvalue weighted by atomic mass is 9.86. The molecule has 0 aliphatic heterocycles. The maximum atomic E-state index is 6.10. The summed E-state index contributed by atoms with van der Waals surface area (Å²) in [6.45, 7) is 14.8. The molecular weight excluding hydrogens is 246 g/mol. The smallest absolute Gasteiger partial charge is 0.0845 e. The molecule has 0 aromatic heterocycles. The topological polar surface area (TPSA) is 21.3 Å². The van der Waals surface area contributed by atoms with Crippen molar-refractivity contribution < 1.29 is 4.74 Å². The second-order valence-corrected chi connectivity index (χ2v) is 5.83. The summed E-state index contributed by atoms with van der Waals surface area (Å²) in [5.41, 5.74) is 3.86. The summed E-state index contributed by atoms with van der Waals surface area (Å²) in [4.78, 5) is 0. The molecule has 0 radical (unpaired) electrons. The van der Waals surface area contributed by atoms with Crippen molar-refractivity contribution in [2.24, 2.45) is 0 Å². The number of rotatable bonds is 8. The summed E-state index contributed by atoms with van der Waals surface area (Å²) in [5, 5.41) is 3.68. The molecule has 2 atom stereocenters. The van der Waals surface area contributed by atoms with E-state index in [0.717, 1.165) is 26.0 Å². The fraction of sp³-hybridized carbons (Fsp3) is 0.667. The first-order chi connectivity index (χ1) is 9.48. The quantitative estimate of drug-likeness (QED) is 0.752. The Morgan fingerprint density at radius 2 is 1.85 bits per heavy atom. The van der Waals surface area contributed by atoms with Gasteiger partial charge < -0.3 is 10.1 Å². The van der Waals surface area contributed by atoms with Crippen LogP contribution < -0.4 is 5.32 Å². The molecule has 0 heterocycles. The van der Waals surface area contributed by atoms with Gasteiger partial charge in [-0.3, -0.25) is 0 Å². The second-order valence-electron chi connectivity index (χ2n) is 5.83. The standard InChI is InChI=1S/C18H31NO/c1-7-12-19-17(18(6,8-2)20-9-3)16-11-10-14(4)15(5)13-16/h10-11,13,17,19H,7-9,12H2,1-6H3. The fourth-order valence-corrected chi connectivity index (χ4v) is 2.64. The Morgan fingerprint density at radius 1 is 1.15 bits per heavy atom. The summed E-state index contributed by atoms with van der Waals surface area (Å²) >= 11 is 0. The molecular formula is C18H31NO. The number of aryl methyl sites for hydroxylation is 2. The van der Waals surface area contributed by atoms with Crippen molar-refractivity contribution in [2.45, 2.75) is 66.0 Å². The molecule has 2 heteroatoms. The van der Waals surface area contributed by atoms with Crippen LogP contribution in [-0.4, -0.2) is 18.8 Å². The Hall–Kier alpha value is -0.860. The summed E-state index contributed by atoms with van der Waals surface area (Å²) in [5.74, 6) is 0. The molecule has 0 bridgehead atoms. The molecule has 0 saturated carbocycles. The van der Waals surface area contributed by atoms with Crippen molar-refractivity contribution in [1.29, 1.82) is 0 Å². The minimum atomic E-state index is -0.161. The zero-order valence-corrected chi connectivity index (χ0v) is 14.0. The molecule has 1 aromatic carbocycles. The lowest BCUT2D eigenvalue weighted by Gasteiger charge is -2.38. The SMILES string of the molecule is CCCNC(c1ccc(C)c(C)c1)C(C)(CC)OCC. The Morgan fingerprint density at radius 3 is 2.35 bits per heavy atom. The predicted octanol–water partition coefficient (Wildman–Crippen LogP) is 4.55. The van der Waals surface area contributed by atoms with Gasteiger partial charge in [0.2, 0.25) is 0 Å². The third kappa shape index (κ3) is 4.07. The fourth-order valence-electron chi connectivity index (χ4n) is 2.64. The van der Waals surface area contributed by atoms with Crippen molar-refractivity contribution in [1.82, 2.24) is 5.32 Å². The monoisotopic (exact) mass is 277 g/mol. The van der Waals surface area contributed by atoms with Crippen LogP contribution in [0.1, 0.15) is 63.3 Å². The highest BCUT2D eigenvalue weighted by molar-refractivity contribution is 5.33. The number of nitrogens with one attached hydrogen (secondary N) is 1. The van der Waals surface area contributed by atoms with Gasteiger partial charge >= 0.3 is 0 Å². The van der Waals surface area contributed by atoms with Crippen LogP contribution in [0.2, 0.25) is 0 Å². The summed E-state index contributed by atoms with van der Waals surface area (Å²) in [6, 6.07) is 7.00. The van der Waals surface area contributed by atoms with E-state index in [1.54, 1.807) is 0 Å². The third-order valence-corrected chi connectivity index (χ3v) is 4.25. The van der Waals surface area contributed by atoms with Crippen molar-refractivity contribution in [2.75, 3.05) is 13.2 Å². The predicted molar refractivity (Wildman–Crippen MR) is 87.3 cm³/mol. The molecule has 2 nitrogen and oxygen atoms in total. The first kappa shape index (κ1) is 17.2. The maximum Gasteiger partial charge on any atom is 0.0845 e. The van der Waals surface area contributed by atoms with Crippen molar-refractivity contribution in [3.63, 3.8) is 0 Å². The number of hydrogen-bond acceptors (Lipinski definition) is 2. The Kier molecular flexibility index (Phi) is 6.70. The molecule has 1 N–H and O–H groups in total. The van der Waals surface area contributed by atoms with Crippen molar-refractivity contribution >= 4 is 0 Å². The Balaban J connectivity index is 3.12. The highest BCUT2D eigenvalue weighted by atomic mass is 16.5. The minimum absolute atomic E-state index is 0.161. The van der Waals surface area contributed by atoms with Crippen LogP contribution in [0.15, 0.2) is 18.2 Å². The van der Waals surface area contributed by atoms with Gasteiger partial charge in [-0.05, 0) is 63.8 Å². The molecule has 0 saturated heterocycles. The molecule has 2 unspecified atom stereocenters. The van der Waals surface area contributed by atoms with Crippen LogP contribution in [0.4, 0.5) is 0 Å². The van der Waals surface area contributed by atoms with E-state index in [4.69, 9.17) is 4.74 Å². The lowest BCUT2D eigenvalue weighted by Crippen LogP contribution is -2.44. The van der Waals surface area contributed by atoms with Gasteiger partial charge in [0.05, 0.1) is 11.6 Å². The van der Waals surface area contributed by atoms with Gasteiger partial charge in [-0.1, -0.05) is 32.0 Å². The minimum Gasteiger partial charge on any atom is -0.374 e. The van der Waals surface area contributed by atoms with Gasteiger partial charge in [-0.2, -0.15) is 0 Å². The van der Waals surface area contributed by atoms with Gasteiger partial charge in [0.25, 0.3) is 0 Å². The number of ether oxygens (including phenoxy) is 1. The molecule has 0 spiro atoms. The molecule has 114 valence electrons. The largest absolute Gasteiger partial charge is 0.374 e. The zero-order chi connectivity index (χ0) is 15.2. The van der Waals surface area contributed by atoms with E-state index >= 15 is 0 Å². The summed E-state index contributed by atoms with van der Waals surface area (Å²) < 4.78 is 6.10. The van der Waals surface area contributed by atoms with Gasteiger partial charge in [-0.15, -0.1) is 0 Å². The average molecular weight is 277 g/mol. The Labute approximate surface area is 124 Å². The first-order valence-corrected chi connectivity index (χ1v) is 7.93. The van der Waals surface area contributed by atoms with Gasteiger partial charge in [0, 0.05) is 6.61 Å². The maximum absolute atomic E-state index is 6.10. The molecule has 1 aromatic rings. The number of hydrogen-bond donors (Lipinski definition) is 1. The summed E-state index contributed by atoms with van der Waals surface area (Å²) in [6.07, 6.45) is 2.13. The van der Waals surface area contributed by atoms with Crippen LogP contribution >= 0.6 is 0 Å². The third-order valence-electron chi connectivity index (χ3n) is 4.25. The van der Waals surface area contributed by atoms with E-state index in [1.165, 1.54) is 16.7 Å². The average Bonchev–Trinajstić information content (AvgIpc) is 2.43. The van der Waals surface area contributed by atoms with E-state index in [0.29, 0.717) is 0 Å². The normalized spacial score (nSPS) is 15.9. The van der Waals surface area contributed by atoms with E-state index in [2.05, 4.69) is 65.1 Å². The molecule has 0 fully saturated rings. The highest BCUT2D eigenvalue weighted by Crippen LogP contribution is 2.33. The molecule has 0 aliphatic rings. The second kappa shape index (κ2) is 7.80. The van der Waals surface area contributed by atoms with E-state index in [-0.39, 0.29) is 11.6 Å². The first-order valence-electron chi connectivity index (χ1n) is 7.93. The molecule has 20 heavy (non-hydrogen) atoms. The van der Waals surface area contributed by atoms with E-state index in [1.807, 2.05) is 0 Å². The highest BCUT2D eigenvalue weighted by Gasteiger charge is 2.34. The molecule has 0 aliphatic carbocycles. The number of benzene rings is 1. The van der Waals surface area contributed by atoms with Crippen molar-refractivity contribution in [3.05, 3.63) is 34.9 Å². The molecule has 1 rings (SSSR count). The van der Waals surface area contributed by atoms with E-state index in [9.17, 15) is 0 Å². The van der Waals surface area contributed by atoms with Crippen molar-refractivity contribution in [3.8, 4) is 0 Å². The van der Waals surface area contributed by atoms with Gasteiger partial charge in [-0.25, -0.2) is 0 Å². The molecule has 0 amide bonds. The van der Waals surface area contributed by atoms with Crippen LogP contribution in [0, 0.1) is 13.8 Å².